The Kier molecular flexibility index (Phi) is 4.07. The maximum atomic E-state index is 12.4. The van der Waals surface area contributed by atoms with E-state index in [-0.39, 0.29) is 5.56 Å². The Hall–Kier alpha value is -2.21. The lowest BCUT2D eigenvalue weighted by Crippen LogP contribution is -2.20. The highest BCUT2D eigenvalue weighted by Crippen LogP contribution is 2.37. The van der Waals surface area contributed by atoms with Crippen molar-refractivity contribution < 1.29 is 0 Å². The number of fused-ring (bicyclic) bond motifs is 1. The molecule has 0 atom stereocenters. The molecule has 0 aliphatic heterocycles. The third kappa shape index (κ3) is 2.84. The summed E-state index contributed by atoms with van der Waals surface area (Å²) in [4.78, 5) is 18.7. The Morgan fingerprint density at radius 1 is 1.00 bits per heavy atom. The number of aryl methyl sites for hydroxylation is 1. The van der Waals surface area contributed by atoms with Gasteiger partial charge in [-0.25, -0.2) is 4.68 Å². The van der Waals surface area contributed by atoms with Crippen molar-refractivity contribution in [3.63, 3.8) is 0 Å². The molecule has 124 valence electrons. The molecule has 0 aliphatic carbocycles. The minimum absolute atomic E-state index is 0.209. The van der Waals surface area contributed by atoms with Gasteiger partial charge in [-0.15, -0.1) is 11.3 Å². The molecule has 4 rings (SSSR count). The van der Waals surface area contributed by atoms with Crippen LogP contribution in [-0.4, -0.2) is 14.8 Å². The van der Waals surface area contributed by atoms with Gasteiger partial charge in [-0.05, 0) is 36.4 Å². The van der Waals surface area contributed by atoms with E-state index in [0.717, 1.165) is 15.4 Å². The van der Waals surface area contributed by atoms with E-state index in [1.807, 2.05) is 30.3 Å². The molecule has 25 heavy (non-hydrogen) atoms. The second-order valence-electron chi connectivity index (χ2n) is 5.47. The second-order valence-corrected chi connectivity index (χ2v) is 7.37. The summed E-state index contributed by atoms with van der Waals surface area (Å²) in [6.07, 6.45) is 1.76. The van der Waals surface area contributed by atoms with E-state index < -0.39 is 0 Å². The van der Waals surface area contributed by atoms with Crippen molar-refractivity contribution in [3.8, 4) is 21.1 Å². The highest BCUT2D eigenvalue weighted by atomic mass is 35.5. The average Bonchev–Trinajstić information content (AvgIpc) is 3.10. The Balaban J connectivity index is 1.96. The maximum absolute atomic E-state index is 12.4. The summed E-state index contributed by atoms with van der Waals surface area (Å²) in [7, 11) is 1.63. The van der Waals surface area contributed by atoms with Gasteiger partial charge in [0.15, 0.2) is 0 Å². The van der Waals surface area contributed by atoms with E-state index in [1.165, 1.54) is 4.68 Å². The lowest BCUT2D eigenvalue weighted by atomic mass is 10.1. The van der Waals surface area contributed by atoms with Gasteiger partial charge < -0.3 is 0 Å². The normalized spacial score (nSPS) is 11.2. The predicted octanol–water partition coefficient (Wildman–Crippen LogP) is 5.03. The number of halogens is 2. The first-order valence-electron chi connectivity index (χ1n) is 7.42. The van der Waals surface area contributed by atoms with Crippen molar-refractivity contribution in [2.75, 3.05) is 0 Å². The monoisotopic (exact) mass is 387 g/mol. The van der Waals surface area contributed by atoms with Crippen molar-refractivity contribution in [2.24, 2.45) is 7.05 Å². The first kappa shape index (κ1) is 16.3. The zero-order chi connectivity index (χ0) is 17.6. The first-order valence-corrected chi connectivity index (χ1v) is 8.99. The molecule has 0 aliphatic rings. The molecular weight excluding hydrogens is 377 g/mol. The van der Waals surface area contributed by atoms with Crippen LogP contribution in [0.15, 0.2) is 53.5 Å². The Labute approximate surface area is 157 Å². The second kappa shape index (κ2) is 6.26. The number of thiophene rings is 1. The van der Waals surface area contributed by atoms with Crippen LogP contribution in [0.5, 0.6) is 0 Å². The van der Waals surface area contributed by atoms with Crippen molar-refractivity contribution >= 4 is 45.3 Å². The lowest BCUT2D eigenvalue weighted by molar-refractivity contribution is 0.723. The zero-order valence-electron chi connectivity index (χ0n) is 13.0. The molecule has 0 radical (unpaired) electrons. The molecule has 0 unspecified atom stereocenters. The minimum Gasteiger partial charge on any atom is -0.267 e. The Bertz CT molecular complexity index is 1150. The summed E-state index contributed by atoms with van der Waals surface area (Å²) in [5, 5.41) is 6.37. The summed E-state index contributed by atoms with van der Waals surface area (Å²) in [5.74, 6) is 0. The number of hydrogen-bond donors (Lipinski definition) is 0. The van der Waals surface area contributed by atoms with E-state index in [1.54, 1.807) is 36.7 Å². The molecule has 1 aromatic carbocycles. The summed E-state index contributed by atoms with van der Waals surface area (Å²) in [6.45, 7) is 0. The van der Waals surface area contributed by atoms with Crippen LogP contribution >= 0.6 is 34.5 Å². The highest BCUT2D eigenvalue weighted by molar-refractivity contribution is 7.18. The number of aromatic nitrogens is 3. The third-order valence-corrected chi connectivity index (χ3v) is 5.68. The molecule has 0 fully saturated rings. The van der Waals surface area contributed by atoms with Gasteiger partial charge in [0.2, 0.25) is 0 Å². The molecule has 0 spiro atoms. The van der Waals surface area contributed by atoms with Gasteiger partial charge in [-0.3, -0.25) is 9.78 Å². The molecule has 0 saturated carbocycles. The van der Waals surface area contributed by atoms with Crippen LogP contribution in [0.3, 0.4) is 0 Å². The van der Waals surface area contributed by atoms with Gasteiger partial charge in [0.05, 0.1) is 30.9 Å². The molecule has 0 bridgehead atoms. The van der Waals surface area contributed by atoms with E-state index in [9.17, 15) is 4.79 Å². The molecule has 4 aromatic rings. The minimum atomic E-state index is -0.209. The fourth-order valence-corrected chi connectivity index (χ4v) is 3.95. The van der Waals surface area contributed by atoms with Crippen LogP contribution in [0.2, 0.25) is 10.0 Å². The summed E-state index contributed by atoms with van der Waals surface area (Å²) in [5.41, 5.74) is 1.38. The van der Waals surface area contributed by atoms with Crippen LogP contribution in [0.25, 0.3) is 31.9 Å². The quantitative estimate of drug-likeness (QED) is 0.484. The van der Waals surface area contributed by atoms with Crippen LogP contribution in [0.4, 0.5) is 0 Å². The average molecular weight is 388 g/mol. The topological polar surface area (TPSA) is 47.8 Å². The Morgan fingerprint density at radius 2 is 1.72 bits per heavy atom. The Morgan fingerprint density at radius 3 is 2.44 bits per heavy atom. The van der Waals surface area contributed by atoms with Gasteiger partial charge in [0, 0.05) is 18.6 Å². The van der Waals surface area contributed by atoms with Crippen LogP contribution < -0.4 is 5.56 Å². The predicted molar refractivity (Wildman–Crippen MR) is 104 cm³/mol. The number of pyridine rings is 1. The molecule has 0 amide bonds. The summed E-state index contributed by atoms with van der Waals surface area (Å²) < 4.78 is 1.32. The zero-order valence-corrected chi connectivity index (χ0v) is 15.4. The van der Waals surface area contributed by atoms with Crippen molar-refractivity contribution in [1.29, 1.82) is 0 Å². The fraction of sp³-hybridized carbons (Fsp3) is 0.0556. The van der Waals surface area contributed by atoms with Crippen LogP contribution in [0, 0.1) is 0 Å². The number of benzene rings is 1. The maximum Gasteiger partial charge on any atom is 0.274 e. The molecule has 7 heteroatoms. The summed E-state index contributed by atoms with van der Waals surface area (Å²) >= 11 is 13.8. The standard InChI is InChI=1S/C18H11Cl2N3OS/c1-23-18(24)11-9-13(20)12(19)8-10(11)17(22-23)16-6-5-15(25-16)14-4-2-3-7-21-14/h2-9H,1H3. The van der Waals surface area contributed by atoms with Crippen LogP contribution in [-0.2, 0) is 7.05 Å². The molecule has 0 saturated heterocycles. The third-order valence-electron chi connectivity index (χ3n) is 3.85. The van der Waals surface area contributed by atoms with Gasteiger partial charge in [-0.2, -0.15) is 5.10 Å². The summed E-state index contributed by atoms with van der Waals surface area (Å²) in [6, 6.07) is 13.1. The van der Waals surface area contributed by atoms with Gasteiger partial charge in [0.25, 0.3) is 5.56 Å². The molecule has 0 N–H and O–H groups in total. The van der Waals surface area contributed by atoms with E-state index in [0.29, 0.717) is 26.5 Å². The van der Waals surface area contributed by atoms with Crippen molar-refractivity contribution in [3.05, 3.63) is 69.1 Å². The number of rotatable bonds is 2. The fourth-order valence-electron chi connectivity index (χ4n) is 2.64. The highest BCUT2D eigenvalue weighted by Gasteiger charge is 2.15. The van der Waals surface area contributed by atoms with Crippen molar-refractivity contribution in [1.82, 2.24) is 14.8 Å². The molecular formula is C18H11Cl2N3OS. The van der Waals surface area contributed by atoms with E-state index in [2.05, 4.69) is 10.1 Å². The molecule has 3 heterocycles. The van der Waals surface area contributed by atoms with Crippen LogP contribution in [0.1, 0.15) is 0 Å². The smallest absolute Gasteiger partial charge is 0.267 e. The lowest BCUT2D eigenvalue weighted by Gasteiger charge is -2.08. The first-order chi connectivity index (χ1) is 12.0. The SMILES string of the molecule is Cn1nc(-c2ccc(-c3ccccn3)s2)c2cc(Cl)c(Cl)cc2c1=O. The number of hydrogen-bond acceptors (Lipinski definition) is 4. The van der Waals surface area contributed by atoms with Gasteiger partial charge in [-0.1, -0.05) is 29.3 Å². The van der Waals surface area contributed by atoms with E-state index >= 15 is 0 Å². The molecule has 3 aromatic heterocycles. The van der Waals surface area contributed by atoms with E-state index in [4.69, 9.17) is 23.2 Å². The number of nitrogens with zero attached hydrogens (tertiary/aromatic N) is 3. The van der Waals surface area contributed by atoms with Gasteiger partial charge in [0.1, 0.15) is 5.69 Å². The largest absolute Gasteiger partial charge is 0.274 e. The van der Waals surface area contributed by atoms with Crippen molar-refractivity contribution in [2.45, 2.75) is 0 Å². The van der Waals surface area contributed by atoms with Gasteiger partial charge >= 0.3 is 0 Å². The molecule has 4 nitrogen and oxygen atoms in total.